The van der Waals surface area contributed by atoms with Gasteiger partial charge in [0.05, 0.1) is 13.2 Å². The Hall–Kier alpha value is -1.42. The van der Waals surface area contributed by atoms with Gasteiger partial charge in [-0.15, -0.1) is 0 Å². The summed E-state index contributed by atoms with van der Waals surface area (Å²) in [6, 6.07) is 2.61. The van der Waals surface area contributed by atoms with Crippen LogP contribution in [0, 0.1) is 0 Å². The van der Waals surface area contributed by atoms with Crippen LogP contribution in [0.1, 0.15) is 17.5 Å². The number of piperazine rings is 1. The number of esters is 1. The lowest BCUT2D eigenvalue weighted by atomic mass is 10.4. The molecule has 1 fully saturated rings. The van der Waals surface area contributed by atoms with Crippen LogP contribution in [0.4, 0.5) is 0 Å². The van der Waals surface area contributed by atoms with Crippen LogP contribution < -0.4 is 0 Å². The molecule has 9 heteroatoms. The summed E-state index contributed by atoms with van der Waals surface area (Å²) in [6.45, 7) is 5.28. The zero-order valence-electron chi connectivity index (χ0n) is 13.4. The van der Waals surface area contributed by atoms with Gasteiger partial charge in [-0.25, -0.2) is 13.2 Å². The molecule has 0 N–H and O–H groups in total. The molecule has 130 valence electrons. The third-order valence-corrected chi connectivity index (χ3v) is 5.37. The number of hydrogen-bond donors (Lipinski definition) is 0. The molecule has 2 rings (SSSR count). The van der Waals surface area contributed by atoms with Crippen molar-refractivity contribution in [2.24, 2.45) is 0 Å². The van der Waals surface area contributed by atoms with E-state index in [4.69, 9.17) is 13.9 Å². The average molecular weight is 346 g/mol. The van der Waals surface area contributed by atoms with Crippen LogP contribution in [-0.4, -0.2) is 76.6 Å². The lowest BCUT2D eigenvalue weighted by Crippen LogP contribution is -2.49. The summed E-state index contributed by atoms with van der Waals surface area (Å²) >= 11 is 0. The molecule has 0 aliphatic carbocycles. The summed E-state index contributed by atoms with van der Waals surface area (Å²) < 4.78 is 41.4. The largest absolute Gasteiger partial charge is 0.460 e. The van der Waals surface area contributed by atoms with Crippen molar-refractivity contribution in [3.63, 3.8) is 0 Å². The molecule has 1 aromatic heterocycles. The molecule has 1 saturated heterocycles. The second-order valence-electron chi connectivity index (χ2n) is 5.08. The van der Waals surface area contributed by atoms with Gasteiger partial charge in [-0.1, -0.05) is 0 Å². The minimum atomic E-state index is -3.73. The van der Waals surface area contributed by atoms with Crippen LogP contribution in [-0.2, 0) is 19.5 Å². The van der Waals surface area contributed by atoms with Gasteiger partial charge in [0.25, 0.3) is 10.0 Å². The van der Waals surface area contributed by atoms with Crippen molar-refractivity contribution in [2.75, 3.05) is 53.0 Å². The molecule has 1 aliphatic rings. The number of methoxy groups -OCH3 is 1. The summed E-state index contributed by atoms with van der Waals surface area (Å²) in [5.41, 5.74) is 0. The predicted octanol–water partition coefficient (Wildman–Crippen LogP) is 0.409. The predicted molar refractivity (Wildman–Crippen MR) is 81.7 cm³/mol. The van der Waals surface area contributed by atoms with Gasteiger partial charge in [0.1, 0.15) is 0 Å². The third-order valence-electron chi connectivity index (χ3n) is 3.60. The average Bonchev–Trinajstić information content (AvgIpc) is 3.04. The van der Waals surface area contributed by atoms with E-state index in [2.05, 4.69) is 4.90 Å². The van der Waals surface area contributed by atoms with Crippen LogP contribution in [0.5, 0.6) is 0 Å². The lowest BCUT2D eigenvalue weighted by molar-refractivity contribution is 0.0483. The second-order valence-corrected chi connectivity index (χ2v) is 6.95. The summed E-state index contributed by atoms with van der Waals surface area (Å²) in [6.07, 6.45) is 0. The van der Waals surface area contributed by atoms with Crippen LogP contribution in [0.2, 0.25) is 0 Å². The molecule has 0 unspecified atom stereocenters. The minimum Gasteiger partial charge on any atom is -0.460 e. The number of carbonyl (C=O) groups excluding carboxylic acids is 1. The van der Waals surface area contributed by atoms with Crippen LogP contribution in [0.25, 0.3) is 0 Å². The van der Waals surface area contributed by atoms with E-state index < -0.39 is 16.0 Å². The standard InChI is InChI=1S/C14H22N2O6S/c1-3-21-14(17)12-4-5-13(22-12)23(18,19)16-8-6-15(7-9-16)10-11-20-2/h4-5H,3,6-11H2,1-2H3. The highest BCUT2D eigenvalue weighted by Gasteiger charge is 2.31. The van der Waals surface area contributed by atoms with Gasteiger partial charge in [-0.05, 0) is 19.1 Å². The normalized spacial score (nSPS) is 17.3. The summed E-state index contributed by atoms with van der Waals surface area (Å²) in [4.78, 5) is 13.7. The molecule has 0 spiro atoms. The third kappa shape index (κ3) is 4.31. The highest BCUT2D eigenvalue weighted by Crippen LogP contribution is 2.20. The van der Waals surface area contributed by atoms with E-state index in [0.717, 1.165) is 6.54 Å². The number of nitrogens with zero attached hydrogens (tertiary/aromatic N) is 2. The first-order chi connectivity index (χ1) is 11.0. The van der Waals surface area contributed by atoms with Crippen molar-refractivity contribution in [3.05, 3.63) is 17.9 Å². The van der Waals surface area contributed by atoms with Crippen LogP contribution in [0.15, 0.2) is 21.6 Å². The zero-order valence-corrected chi connectivity index (χ0v) is 14.2. The molecular weight excluding hydrogens is 324 g/mol. The molecule has 0 saturated carbocycles. The first-order valence-electron chi connectivity index (χ1n) is 7.47. The van der Waals surface area contributed by atoms with Crippen molar-refractivity contribution in [1.82, 2.24) is 9.21 Å². The number of ether oxygens (including phenoxy) is 2. The molecule has 1 aliphatic heterocycles. The Morgan fingerprint density at radius 2 is 1.96 bits per heavy atom. The number of carbonyl (C=O) groups is 1. The molecule has 0 amide bonds. The van der Waals surface area contributed by atoms with E-state index in [1.165, 1.54) is 16.4 Å². The maximum Gasteiger partial charge on any atom is 0.374 e. The van der Waals surface area contributed by atoms with Gasteiger partial charge in [0.2, 0.25) is 10.9 Å². The number of furan rings is 1. The van der Waals surface area contributed by atoms with Gasteiger partial charge in [0, 0.05) is 39.8 Å². The molecular formula is C14H22N2O6S. The van der Waals surface area contributed by atoms with E-state index in [-0.39, 0.29) is 17.5 Å². The maximum absolute atomic E-state index is 12.5. The Balaban J connectivity index is 2.01. The monoisotopic (exact) mass is 346 g/mol. The van der Waals surface area contributed by atoms with Crippen molar-refractivity contribution in [2.45, 2.75) is 12.0 Å². The number of hydrogen-bond acceptors (Lipinski definition) is 7. The first kappa shape index (κ1) is 17.9. The quantitative estimate of drug-likeness (QED) is 0.661. The Morgan fingerprint density at radius 1 is 1.26 bits per heavy atom. The number of sulfonamides is 1. The van der Waals surface area contributed by atoms with Crippen LogP contribution >= 0.6 is 0 Å². The van der Waals surface area contributed by atoms with Crippen LogP contribution in [0.3, 0.4) is 0 Å². The Bertz CT molecular complexity index is 619. The molecule has 0 atom stereocenters. The summed E-state index contributed by atoms with van der Waals surface area (Å²) in [7, 11) is -2.09. The van der Waals surface area contributed by atoms with E-state index in [1.807, 2.05) is 0 Å². The van der Waals surface area contributed by atoms with Crippen molar-refractivity contribution in [3.8, 4) is 0 Å². The topological polar surface area (TPSA) is 89.3 Å². The molecule has 0 bridgehead atoms. The highest BCUT2D eigenvalue weighted by atomic mass is 32.2. The SMILES string of the molecule is CCOC(=O)c1ccc(S(=O)(=O)N2CCN(CCOC)CC2)o1. The Labute approximate surface area is 136 Å². The van der Waals surface area contributed by atoms with E-state index in [0.29, 0.717) is 32.8 Å². The summed E-state index contributed by atoms with van der Waals surface area (Å²) in [5.74, 6) is -0.775. The molecule has 2 heterocycles. The van der Waals surface area contributed by atoms with E-state index >= 15 is 0 Å². The van der Waals surface area contributed by atoms with Gasteiger partial charge in [0.15, 0.2) is 0 Å². The van der Waals surface area contributed by atoms with Crippen molar-refractivity contribution >= 4 is 16.0 Å². The maximum atomic E-state index is 12.5. The Morgan fingerprint density at radius 3 is 2.57 bits per heavy atom. The lowest BCUT2D eigenvalue weighted by Gasteiger charge is -2.33. The Kier molecular flexibility index (Phi) is 6.17. The van der Waals surface area contributed by atoms with E-state index in [1.54, 1.807) is 14.0 Å². The van der Waals surface area contributed by atoms with Gasteiger partial charge < -0.3 is 13.9 Å². The zero-order chi connectivity index (χ0) is 16.9. The fourth-order valence-electron chi connectivity index (χ4n) is 2.31. The van der Waals surface area contributed by atoms with Gasteiger partial charge >= 0.3 is 5.97 Å². The highest BCUT2D eigenvalue weighted by molar-refractivity contribution is 7.89. The fourth-order valence-corrected chi connectivity index (χ4v) is 3.65. The summed E-state index contributed by atoms with van der Waals surface area (Å²) in [5, 5.41) is -0.231. The first-order valence-corrected chi connectivity index (χ1v) is 8.91. The molecule has 23 heavy (non-hydrogen) atoms. The van der Waals surface area contributed by atoms with Crippen molar-refractivity contribution < 1.29 is 27.1 Å². The minimum absolute atomic E-state index is 0.107. The molecule has 0 aromatic carbocycles. The second kappa shape index (κ2) is 7.91. The van der Waals surface area contributed by atoms with Gasteiger partial charge in [-0.3, -0.25) is 4.90 Å². The molecule has 8 nitrogen and oxygen atoms in total. The smallest absolute Gasteiger partial charge is 0.374 e. The van der Waals surface area contributed by atoms with Crippen molar-refractivity contribution in [1.29, 1.82) is 0 Å². The molecule has 0 radical (unpaired) electrons. The van der Waals surface area contributed by atoms with Gasteiger partial charge in [-0.2, -0.15) is 4.31 Å². The fraction of sp³-hybridized carbons (Fsp3) is 0.643. The molecule has 1 aromatic rings. The number of rotatable bonds is 7. The van der Waals surface area contributed by atoms with E-state index in [9.17, 15) is 13.2 Å².